The van der Waals surface area contributed by atoms with E-state index in [1.807, 2.05) is 6.92 Å². The van der Waals surface area contributed by atoms with Crippen LogP contribution in [0.4, 0.5) is 0 Å². The number of aliphatic hydroxyl groups is 4. The summed E-state index contributed by atoms with van der Waals surface area (Å²) in [6.45, 7) is 3.57. The molecule has 6 heteroatoms. The van der Waals surface area contributed by atoms with E-state index in [2.05, 4.69) is 0 Å². The summed E-state index contributed by atoms with van der Waals surface area (Å²) < 4.78 is 5.09. The molecule has 4 N–H and O–H groups in total. The smallest absolute Gasteiger partial charge is 0.338 e. The molecule has 0 fully saturated rings. The van der Waals surface area contributed by atoms with Gasteiger partial charge < -0.3 is 25.2 Å². The van der Waals surface area contributed by atoms with Gasteiger partial charge in [-0.05, 0) is 25.5 Å². The highest BCUT2D eigenvalue weighted by molar-refractivity contribution is 5.91. The topological polar surface area (TPSA) is 107 Å². The maximum Gasteiger partial charge on any atom is 0.338 e. The van der Waals surface area contributed by atoms with E-state index in [0.29, 0.717) is 6.42 Å². The Balaban J connectivity index is 3.09. The van der Waals surface area contributed by atoms with Crippen LogP contribution in [-0.4, -0.2) is 32.5 Å². The largest absolute Gasteiger partial charge is 0.459 e. The van der Waals surface area contributed by atoms with E-state index in [0.717, 1.165) is 6.07 Å². The molecule has 0 aliphatic carbocycles. The lowest BCUT2D eigenvalue weighted by atomic mass is 10.0. The molecule has 1 aromatic rings. The molecule has 0 heterocycles. The number of carbonyl (C=O) groups excluding carboxylic acids is 1. The van der Waals surface area contributed by atoms with Crippen molar-refractivity contribution in [2.75, 3.05) is 0 Å². The van der Waals surface area contributed by atoms with Crippen LogP contribution < -0.4 is 0 Å². The molecule has 0 radical (unpaired) electrons. The lowest BCUT2D eigenvalue weighted by molar-refractivity contribution is -0.0483. The minimum Gasteiger partial charge on any atom is -0.459 e. The Kier molecular flexibility index (Phi) is 5.44. The van der Waals surface area contributed by atoms with Crippen LogP contribution in [0.5, 0.6) is 0 Å². The molecule has 19 heavy (non-hydrogen) atoms. The van der Waals surface area contributed by atoms with E-state index in [1.54, 1.807) is 6.92 Å². The maximum absolute atomic E-state index is 11.9. The fraction of sp³-hybridized carbons (Fsp3) is 0.462. The van der Waals surface area contributed by atoms with Crippen molar-refractivity contribution in [3.05, 3.63) is 34.9 Å². The van der Waals surface area contributed by atoms with Crippen LogP contribution in [0.3, 0.4) is 0 Å². The molecule has 0 amide bonds. The Morgan fingerprint density at radius 2 is 1.84 bits per heavy atom. The van der Waals surface area contributed by atoms with Crippen LogP contribution >= 0.6 is 0 Å². The summed E-state index contributed by atoms with van der Waals surface area (Å²) in [6, 6.07) is 3.72. The van der Waals surface area contributed by atoms with E-state index >= 15 is 0 Å². The maximum atomic E-state index is 11.9. The van der Waals surface area contributed by atoms with Crippen LogP contribution in [0.15, 0.2) is 18.2 Å². The third-order valence-electron chi connectivity index (χ3n) is 2.75. The molecule has 0 aromatic heterocycles. The summed E-state index contributed by atoms with van der Waals surface area (Å²) >= 11 is 0. The van der Waals surface area contributed by atoms with Gasteiger partial charge in [0.2, 0.25) is 0 Å². The van der Waals surface area contributed by atoms with Gasteiger partial charge in [0.15, 0.2) is 12.6 Å². The van der Waals surface area contributed by atoms with Gasteiger partial charge in [-0.15, -0.1) is 0 Å². The summed E-state index contributed by atoms with van der Waals surface area (Å²) in [7, 11) is 0. The second-order valence-corrected chi connectivity index (χ2v) is 4.22. The fourth-order valence-electron chi connectivity index (χ4n) is 1.47. The predicted octanol–water partition coefficient (Wildman–Crippen LogP) is 0.608. The number of esters is 1. The van der Waals surface area contributed by atoms with Gasteiger partial charge >= 0.3 is 5.97 Å². The number of hydrogen-bond donors (Lipinski definition) is 4. The lowest BCUT2D eigenvalue weighted by Gasteiger charge is -2.16. The molecule has 6 nitrogen and oxygen atoms in total. The van der Waals surface area contributed by atoms with Gasteiger partial charge in [0.05, 0.1) is 11.7 Å². The Labute approximate surface area is 110 Å². The minimum absolute atomic E-state index is 0.0142. The first-order valence-electron chi connectivity index (χ1n) is 5.93. The van der Waals surface area contributed by atoms with E-state index in [9.17, 15) is 15.0 Å². The second-order valence-electron chi connectivity index (χ2n) is 4.22. The average Bonchev–Trinajstić information content (AvgIpc) is 2.37. The Bertz CT molecular complexity index is 441. The number of ether oxygens (including phenoxy) is 1. The van der Waals surface area contributed by atoms with Crippen LogP contribution in [-0.2, 0) is 4.74 Å². The fourth-order valence-corrected chi connectivity index (χ4v) is 1.47. The van der Waals surface area contributed by atoms with Gasteiger partial charge in [0.25, 0.3) is 0 Å². The van der Waals surface area contributed by atoms with Crippen LogP contribution in [0.2, 0.25) is 0 Å². The molecular weight excluding hydrogens is 252 g/mol. The standard InChI is InChI=1S/C13H18O6/c1-3-7(2)19-13(18)9-5-4-8(11(14)15)6-10(9)12(16)17/h4-7,11-12,14-17H,3H2,1-2H3. The van der Waals surface area contributed by atoms with Crippen LogP contribution in [0, 0.1) is 0 Å². The number of carbonyl (C=O) groups is 1. The predicted molar refractivity (Wildman–Crippen MR) is 66.0 cm³/mol. The molecule has 106 valence electrons. The number of benzene rings is 1. The molecule has 0 bridgehead atoms. The SMILES string of the molecule is CCC(C)OC(=O)c1ccc(C(O)O)cc1C(O)O. The third kappa shape index (κ3) is 4.00. The minimum atomic E-state index is -1.90. The molecule has 1 rings (SSSR count). The number of rotatable bonds is 5. The summed E-state index contributed by atoms with van der Waals surface area (Å²) in [5.41, 5.74) is -0.0817. The monoisotopic (exact) mass is 270 g/mol. The first kappa shape index (κ1) is 15.6. The van der Waals surface area contributed by atoms with Crippen molar-refractivity contribution < 1.29 is 30.0 Å². The van der Waals surface area contributed by atoms with E-state index < -0.39 is 18.5 Å². The zero-order valence-corrected chi connectivity index (χ0v) is 10.8. The Morgan fingerprint density at radius 1 is 1.21 bits per heavy atom. The summed E-state index contributed by atoms with van der Waals surface area (Å²) in [5.74, 6) is -0.684. The normalized spacial score (nSPS) is 12.8. The summed E-state index contributed by atoms with van der Waals surface area (Å²) in [6.07, 6.45) is -3.31. The van der Waals surface area contributed by atoms with Crippen molar-refractivity contribution in [1.82, 2.24) is 0 Å². The van der Waals surface area contributed by atoms with Gasteiger partial charge in [-0.2, -0.15) is 0 Å². The highest BCUT2D eigenvalue weighted by Crippen LogP contribution is 2.22. The van der Waals surface area contributed by atoms with E-state index in [1.165, 1.54) is 12.1 Å². The molecule has 0 saturated heterocycles. The molecule has 0 aliphatic rings. The summed E-state index contributed by atoms with van der Waals surface area (Å²) in [5, 5.41) is 36.5. The van der Waals surface area contributed by atoms with Gasteiger partial charge in [-0.25, -0.2) is 4.79 Å². The van der Waals surface area contributed by atoms with Crippen molar-refractivity contribution in [3.63, 3.8) is 0 Å². The van der Waals surface area contributed by atoms with Crippen molar-refractivity contribution >= 4 is 5.97 Å². The first-order chi connectivity index (χ1) is 8.86. The van der Waals surface area contributed by atoms with Gasteiger partial charge in [0, 0.05) is 11.1 Å². The lowest BCUT2D eigenvalue weighted by Crippen LogP contribution is -2.17. The Hall–Kier alpha value is -1.47. The number of hydrogen-bond acceptors (Lipinski definition) is 6. The summed E-state index contributed by atoms with van der Waals surface area (Å²) in [4.78, 5) is 11.9. The molecule has 0 saturated carbocycles. The molecule has 1 atom stereocenters. The van der Waals surface area contributed by atoms with Crippen LogP contribution in [0.25, 0.3) is 0 Å². The quantitative estimate of drug-likeness (QED) is 0.461. The van der Waals surface area contributed by atoms with Crippen molar-refractivity contribution in [2.24, 2.45) is 0 Å². The van der Waals surface area contributed by atoms with Crippen molar-refractivity contribution in [1.29, 1.82) is 0 Å². The Morgan fingerprint density at radius 3 is 2.32 bits per heavy atom. The first-order valence-corrected chi connectivity index (χ1v) is 5.93. The van der Waals surface area contributed by atoms with Crippen molar-refractivity contribution in [2.45, 2.75) is 39.0 Å². The zero-order chi connectivity index (χ0) is 14.6. The molecule has 1 unspecified atom stereocenters. The highest BCUT2D eigenvalue weighted by atomic mass is 16.5. The number of aliphatic hydroxyl groups excluding tert-OH is 2. The molecule has 0 aliphatic heterocycles. The third-order valence-corrected chi connectivity index (χ3v) is 2.75. The van der Waals surface area contributed by atoms with Gasteiger partial charge in [-0.3, -0.25) is 0 Å². The zero-order valence-electron chi connectivity index (χ0n) is 10.8. The van der Waals surface area contributed by atoms with Gasteiger partial charge in [-0.1, -0.05) is 13.0 Å². The molecule has 0 spiro atoms. The van der Waals surface area contributed by atoms with Gasteiger partial charge in [0.1, 0.15) is 0 Å². The molecular formula is C13H18O6. The van der Waals surface area contributed by atoms with Crippen molar-refractivity contribution in [3.8, 4) is 0 Å². The van der Waals surface area contributed by atoms with E-state index in [-0.39, 0.29) is 22.8 Å². The second kappa shape index (κ2) is 6.63. The van der Waals surface area contributed by atoms with Crippen LogP contribution in [0.1, 0.15) is 54.3 Å². The highest BCUT2D eigenvalue weighted by Gasteiger charge is 2.20. The molecule has 1 aromatic carbocycles. The average molecular weight is 270 g/mol. The van der Waals surface area contributed by atoms with E-state index in [4.69, 9.17) is 14.9 Å².